The van der Waals surface area contributed by atoms with Gasteiger partial charge in [-0.3, -0.25) is 9.59 Å². The first kappa shape index (κ1) is 18.9. The lowest BCUT2D eigenvalue weighted by molar-refractivity contribution is -0.148. The minimum absolute atomic E-state index is 0.0121. The van der Waals surface area contributed by atoms with E-state index in [2.05, 4.69) is 5.32 Å². The molecule has 2 amide bonds. The SMILES string of the molecule is COCCN(C(=O)C(=O)NC(C)(C)CO)C1CCS(=O)(=O)C1. The Morgan fingerprint density at radius 3 is 2.50 bits per heavy atom. The molecular weight excluding hydrogens is 312 g/mol. The molecule has 2 N–H and O–H groups in total. The van der Waals surface area contributed by atoms with Crippen molar-refractivity contribution < 1.29 is 27.9 Å². The fourth-order valence-electron chi connectivity index (χ4n) is 2.19. The largest absolute Gasteiger partial charge is 0.394 e. The summed E-state index contributed by atoms with van der Waals surface area (Å²) in [7, 11) is -1.71. The summed E-state index contributed by atoms with van der Waals surface area (Å²) in [6.07, 6.45) is 0.314. The van der Waals surface area contributed by atoms with Crippen LogP contribution in [0.4, 0.5) is 0 Å². The van der Waals surface area contributed by atoms with E-state index >= 15 is 0 Å². The van der Waals surface area contributed by atoms with E-state index in [0.29, 0.717) is 6.42 Å². The van der Waals surface area contributed by atoms with Gasteiger partial charge >= 0.3 is 11.8 Å². The predicted molar refractivity (Wildman–Crippen MR) is 80.0 cm³/mol. The Morgan fingerprint density at radius 1 is 1.41 bits per heavy atom. The van der Waals surface area contributed by atoms with Crippen molar-refractivity contribution in [1.82, 2.24) is 10.2 Å². The van der Waals surface area contributed by atoms with Gasteiger partial charge < -0.3 is 20.1 Å². The molecule has 1 saturated heterocycles. The quantitative estimate of drug-likeness (QED) is 0.573. The molecule has 1 unspecified atom stereocenters. The number of methoxy groups -OCH3 is 1. The molecule has 22 heavy (non-hydrogen) atoms. The van der Waals surface area contributed by atoms with Crippen LogP contribution in [0.3, 0.4) is 0 Å². The van der Waals surface area contributed by atoms with Gasteiger partial charge in [0.05, 0.1) is 30.3 Å². The normalized spacial score (nSPS) is 20.6. The third-order valence-corrected chi connectivity index (χ3v) is 5.24. The monoisotopic (exact) mass is 336 g/mol. The first-order chi connectivity index (χ1) is 10.1. The molecule has 0 radical (unpaired) electrons. The molecule has 0 aromatic heterocycles. The van der Waals surface area contributed by atoms with Crippen LogP contribution in [-0.4, -0.2) is 80.2 Å². The molecular formula is C13H24N2O6S. The van der Waals surface area contributed by atoms with Gasteiger partial charge in [-0.1, -0.05) is 0 Å². The maximum atomic E-state index is 12.3. The zero-order chi connectivity index (χ0) is 17.0. The Morgan fingerprint density at radius 2 is 2.05 bits per heavy atom. The van der Waals surface area contributed by atoms with Gasteiger partial charge in [0.1, 0.15) is 0 Å². The Labute approximate surface area is 130 Å². The Bertz CT molecular complexity index is 517. The number of rotatable bonds is 6. The van der Waals surface area contributed by atoms with E-state index < -0.39 is 33.2 Å². The Kier molecular flexibility index (Phi) is 6.33. The van der Waals surface area contributed by atoms with Crippen LogP contribution < -0.4 is 5.32 Å². The molecule has 1 fully saturated rings. The fourth-order valence-corrected chi connectivity index (χ4v) is 3.92. The number of aliphatic hydroxyl groups excluding tert-OH is 1. The summed E-state index contributed by atoms with van der Waals surface area (Å²) >= 11 is 0. The van der Waals surface area contributed by atoms with Gasteiger partial charge in [-0.2, -0.15) is 0 Å². The summed E-state index contributed by atoms with van der Waals surface area (Å²) in [6.45, 7) is 3.19. The second-order valence-corrected chi connectivity index (χ2v) is 8.27. The molecule has 9 heteroatoms. The van der Waals surface area contributed by atoms with Gasteiger partial charge in [0.15, 0.2) is 9.84 Å². The average molecular weight is 336 g/mol. The average Bonchev–Trinajstić information content (AvgIpc) is 2.78. The van der Waals surface area contributed by atoms with E-state index in [1.54, 1.807) is 13.8 Å². The zero-order valence-electron chi connectivity index (χ0n) is 13.2. The predicted octanol–water partition coefficient (Wildman–Crippen LogP) is -1.46. The van der Waals surface area contributed by atoms with Crippen molar-refractivity contribution in [2.75, 3.05) is 38.4 Å². The van der Waals surface area contributed by atoms with Crippen LogP contribution in [-0.2, 0) is 24.2 Å². The van der Waals surface area contributed by atoms with Gasteiger partial charge in [-0.05, 0) is 20.3 Å². The standard InChI is InChI=1S/C13H24N2O6S/c1-13(2,9-16)14-11(17)12(18)15(5-6-21-3)10-4-7-22(19,20)8-10/h10,16H,4-9H2,1-3H3,(H,14,17). The van der Waals surface area contributed by atoms with E-state index in [9.17, 15) is 18.0 Å². The highest BCUT2D eigenvalue weighted by Gasteiger charge is 2.37. The molecule has 1 atom stereocenters. The Hall–Kier alpha value is -1.19. The lowest BCUT2D eigenvalue weighted by Crippen LogP contribution is -2.55. The summed E-state index contributed by atoms with van der Waals surface area (Å²) in [5.74, 6) is -1.79. The van der Waals surface area contributed by atoms with Crippen LogP contribution in [0, 0.1) is 0 Å². The fraction of sp³-hybridized carbons (Fsp3) is 0.846. The zero-order valence-corrected chi connectivity index (χ0v) is 14.0. The molecule has 0 aliphatic carbocycles. The van der Waals surface area contributed by atoms with Gasteiger partial charge in [0, 0.05) is 19.7 Å². The number of amides is 2. The minimum Gasteiger partial charge on any atom is -0.394 e. The van der Waals surface area contributed by atoms with Crippen LogP contribution in [0.15, 0.2) is 0 Å². The highest BCUT2D eigenvalue weighted by molar-refractivity contribution is 7.91. The number of carbonyl (C=O) groups excluding carboxylic acids is 2. The first-order valence-corrected chi connectivity index (χ1v) is 8.87. The number of aliphatic hydroxyl groups is 1. The third-order valence-electron chi connectivity index (χ3n) is 3.49. The molecule has 1 rings (SSSR count). The van der Waals surface area contributed by atoms with Gasteiger partial charge in [0.25, 0.3) is 0 Å². The third kappa shape index (κ3) is 5.22. The highest BCUT2D eigenvalue weighted by atomic mass is 32.2. The molecule has 8 nitrogen and oxygen atoms in total. The van der Waals surface area contributed by atoms with Crippen LogP contribution in [0.2, 0.25) is 0 Å². The number of hydrogen-bond donors (Lipinski definition) is 2. The highest BCUT2D eigenvalue weighted by Crippen LogP contribution is 2.18. The maximum Gasteiger partial charge on any atom is 0.312 e. The first-order valence-electron chi connectivity index (χ1n) is 7.05. The van der Waals surface area contributed by atoms with Crippen LogP contribution in [0.25, 0.3) is 0 Å². The molecule has 0 spiro atoms. The van der Waals surface area contributed by atoms with Crippen molar-refractivity contribution in [1.29, 1.82) is 0 Å². The second kappa shape index (κ2) is 7.38. The van der Waals surface area contributed by atoms with E-state index in [-0.39, 0.29) is 31.3 Å². The number of nitrogens with one attached hydrogen (secondary N) is 1. The summed E-state index contributed by atoms with van der Waals surface area (Å²) in [4.78, 5) is 25.6. The molecule has 1 aliphatic heterocycles. The number of sulfone groups is 1. The number of ether oxygens (including phenoxy) is 1. The van der Waals surface area contributed by atoms with E-state index in [1.165, 1.54) is 12.0 Å². The van der Waals surface area contributed by atoms with Crippen LogP contribution in [0.5, 0.6) is 0 Å². The van der Waals surface area contributed by atoms with Gasteiger partial charge in [0.2, 0.25) is 0 Å². The molecule has 1 aliphatic rings. The molecule has 128 valence electrons. The van der Waals surface area contributed by atoms with Crippen molar-refractivity contribution in [3.8, 4) is 0 Å². The Balaban J connectivity index is 2.83. The molecule has 0 aromatic carbocycles. The smallest absolute Gasteiger partial charge is 0.312 e. The number of carbonyl (C=O) groups is 2. The summed E-state index contributed by atoms with van der Waals surface area (Å²) in [6, 6.07) is -0.518. The minimum atomic E-state index is -3.17. The lowest BCUT2D eigenvalue weighted by Gasteiger charge is -2.29. The number of hydrogen-bond acceptors (Lipinski definition) is 6. The van der Waals surface area contributed by atoms with Crippen molar-refractivity contribution in [3.05, 3.63) is 0 Å². The topological polar surface area (TPSA) is 113 Å². The van der Waals surface area contributed by atoms with E-state index in [4.69, 9.17) is 9.84 Å². The summed E-state index contributed by atoms with van der Waals surface area (Å²) < 4.78 is 28.1. The van der Waals surface area contributed by atoms with Gasteiger partial charge in [-0.15, -0.1) is 0 Å². The van der Waals surface area contributed by atoms with Crippen molar-refractivity contribution in [2.24, 2.45) is 0 Å². The van der Waals surface area contributed by atoms with Gasteiger partial charge in [-0.25, -0.2) is 8.42 Å². The van der Waals surface area contributed by atoms with Crippen LogP contribution in [0.1, 0.15) is 20.3 Å². The van der Waals surface area contributed by atoms with Crippen LogP contribution >= 0.6 is 0 Å². The lowest BCUT2D eigenvalue weighted by atomic mass is 10.1. The second-order valence-electron chi connectivity index (χ2n) is 6.04. The molecule has 0 saturated carbocycles. The van der Waals surface area contributed by atoms with Crippen molar-refractivity contribution in [2.45, 2.75) is 31.8 Å². The molecule has 0 aromatic rings. The summed E-state index contributed by atoms with van der Waals surface area (Å²) in [5.41, 5.74) is -0.929. The molecule has 0 bridgehead atoms. The van der Waals surface area contributed by atoms with E-state index in [1.807, 2.05) is 0 Å². The van der Waals surface area contributed by atoms with Crippen molar-refractivity contribution in [3.63, 3.8) is 0 Å². The van der Waals surface area contributed by atoms with E-state index in [0.717, 1.165) is 0 Å². The molecule has 1 heterocycles. The van der Waals surface area contributed by atoms with Crippen molar-refractivity contribution >= 4 is 21.7 Å². The summed E-state index contributed by atoms with van der Waals surface area (Å²) in [5, 5.41) is 11.6. The maximum absolute atomic E-state index is 12.3. The number of nitrogens with zero attached hydrogens (tertiary/aromatic N) is 1.